The van der Waals surface area contributed by atoms with Gasteiger partial charge in [-0.05, 0) is 82.4 Å². The van der Waals surface area contributed by atoms with E-state index in [-0.39, 0.29) is 18.0 Å². The number of hydrogen-bond donors (Lipinski definition) is 2. The third kappa shape index (κ3) is 4.63. The Kier molecular flexibility index (Phi) is 6.53. The van der Waals surface area contributed by atoms with Gasteiger partial charge in [0.25, 0.3) is 6.01 Å². The van der Waals surface area contributed by atoms with Crippen molar-refractivity contribution < 1.29 is 9.21 Å². The van der Waals surface area contributed by atoms with Crippen molar-refractivity contribution in [3.63, 3.8) is 0 Å². The number of hydrogen-bond acceptors (Lipinski definition) is 9. The number of oxazole rings is 1. The van der Waals surface area contributed by atoms with Crippen LogP contribution in [0.5, 0.6) is 0 Å². The summed E-state index contributed by atoms with van der Waals surface area (Å²) in [7, 11) is 2.05. The number of nitrogens with one attached hydrogen (secondary N) is 1. The molecule has 3 N–H and O–H groups in total. The Hall–Kier alpha value is -4.51. The van der Waals surface area contributed by atoms with Gasteiger partial charge in [-0.15, -0.1) is 0 Å². The minimum atomic E-state index is 0.0135. The van der Waals surface area contributed by atoms with Crippen LogP contribution in [0.15, 0.2) is 47.1 Å². The molecule has 0 radical (unpaired) electrons. The lowest BCUT2D eigenvalue weighted by atomic mass is 10.0. The van der Waals surface area contributed by atoms with Gasteiger partial charge >= 0.3 is 0 Å². The summed E-state index contributed by atoms with van der Waals surface area (Å²) in [6, 6.07) is 12.6. The van der Waals surface area contributed by atoms with E-state index in [9.17, 15) is 4.79 Å². The number of benzene rings is 2. The Balaban J connectivity index is 1.12. The molecule has 0 saturated carbocycles. The molecule has 0 unspecified atom stereocenters. The molecule has 2 fully saturated rings. The summed E-state index contributed by atoms with van der Waals surface area (Å²) < 4.78 is 7.96. The smallest absolute Gasteiger partial charge is 0.300 e. The number of rotatable bonds is 5. The molecule has 7 rings (SSSR count). The molecule has 42 heavy (non-hydrogen) atoms. The number of aromatic nitrogens is 5. The molecule has 0 spiro atoms. The van der Waals surface area contributed by atoms with Crippen LogP contribution in [0, 0.1) is 13.8 Å². The molecule has 2 saturated heterocycles. The number of amides is 1. The van der Waals surface area contributed by atoms with Crippen molar-refractivity contribution in [3.8, 4) is 11.3 Å². The number of likely N-dealkylation sites (N-methyl/N-ethyl adjacent to an activating group) is 1. The minimum Gasteiger partial charge on any atom is -0.423 e. The van der Waals surface area contributed by atoms with Crippen molar-refractivity contribution in [2.75, 3.05) is 37.7 Å². The van der Waals surface area contributed by atoms with E-state index < -0.39 is 0 Å². The van der Waals surface area contributed by atoms with E-state index >= 15 is 0 Å². The third-order valence-electron chi connectivity index (χ3n) is 8.68. The first-order chi connectivity index (χ1) is 20.4. The van der Waals surface area contributed by atoms with Crippen LogP contribution in [-0.2, 0) is 4.79 Å². The predicted molar refractivity (Wildman–Crippen MR) is 162 cm³/mol. The molecule has 0 aliphatic carbocycles. The maximum atomic E-state index is 13.1. The molecule has 5 heterocycles. The van der Waals surface area contributed by atoms with Gasteiger partial charge in [-0.2, -0.15) is 10.1 Å². The van der Waals surface area contributed by atoms with E-state index in [4.69, 9.17) is 15.2 Å². The monoisotopic (exact) mass is 565 g/mol. The van der Waals surface area contributed by atoms with Crippen molar-refractivity contribution in [2.45, 2.75) is 51.6 Å². The van der Waals surface area contributed by atoms with Crippen molar-refractivity contribution in [3.05, 3.63) is 53.9 Å². The number of carbonyl (C=O) groups excluding carboxylic acids is 1. The second-order valence-electron chi connectivity index (χ2n) is 11.6. The van der Waals surface area contributed by atoms with Gasteiger partial charge < -0.3 is 20.4 Å². The van der Waals surface area contributed by atoms with Crippen LogP contribution in [0.1, 0.15) is 42.9 Å². The highest BCUT2D eigenvalue weighted by atomic mass is 16.4. The van der Waals surface area contributed by atoms with E-state index in [0.717, 1.165) is 82.4 Å². The van der Waals surface area contributed by atoms with E-state index in [1.165, 1.54) is 6.33 Å². The van der Waals surface area contributed by atoms with Gasteiger partial charge in [0.05, 0.1) is 17.5 Å². The van der Waals surface area contributed by atoms with E-state index in [0.29, 0.717) is 24.9 Å². The second-order valence-corrected chi connectivity index (χ2v) is 11.6. The molecular weight excluding hydrogens is 530 g/mol. The zero-order valence-electron chi connectivity index (χ0n) is 24.2. The molecule has 1 atom stereocenters. The molecule has 2 aliphatic heterocycles. The maximum absolute atomic E-state index is 13.1. The Bertz CT molecular complexity index is 1780. The third-order valence-corrected chi connectivity index (χ3v) is 8.68. The Morgan fingerprint density at radius 1 is 1.05 bits per heavy atom. The largest absolute Gasteiger partial charge is 0.423 e. The highest BCUT2D eigenvalue weighted by Crippen LogP contribution is 2.35. The lowest BCUT2D eigenvalue weighted by Crippen LogP contribution is -2.47. The average Bonchev–Trinajstić information content (AvgIpc) is 3.70. The van der Waals surface area contributed by atoms with Gasteiger partial charge in [0, 0.05) is 24.3 Å². The van der Waals surface area contributed by atoms with Gasteiger partial charge in [0.1, 0.15) is 23.4 Å². The first-order valence-electron chi connectivity index (χ1n) is 14.6. The van der Waals surface area contributed by atoms with Crippen LogP contribution < -0.4 is 11.1 Å². The number of carbonyl (C=O) groups is 1. The fourth-order valence-electron chi connectivity index (χ4n) is 6.48. The molecule has 216 valence electrons. The van der Waals surface area contributed by atoms with Crippen LogP contribution in [0.3, 0.4) is 0 Å². The van der Waals surface area contributed by atoms with Crippen molar-refractivity contribution in [1.82, 2.24) is 34.5 Å². The van der Waals surface area contributed by atoms with Gasteiger partial charge in [0.15, 0.2) is 11.2 Å². The summed E-state index contributed by atoms with van der Waals surface area (Å²) in [6.07, 6.45) is 5.15. The molecule has 11 heteroatoms. The molecule has 3 aromatic heterocycles. The fourth-order valence-corrected chi connectivity index (χ4v) is 6.48. The highest BCUT2D eigenvalue weighted by Gasteiger charge is 2.34. The maximum Gasteiger partial charge on any atom is 0.300 e. The fraction of sp³-hybridized carbons (Fsp3) is 0.387. The lowest BCUT2D eigenvalue weighted by molar-refractivity contribution is -0.136. The van der Waals surface area contributed by atoms with Gasteiger partial charge in [-0.25, -0.2) is 14.6 Å². The predicted octanol–water partition coefficient (Wildman–Crippen LogP) is 4.83. The zero-order valence-corrected chi connectivity index (χ0v) is 24.2. The summed E-state index contributed by atoms with van der Waals surface area (Å²) in [5.74, 6) is 0.653. The molecule has 2 aliphatic rings. The SMILES string of the molecule is Cc1cc(C)c2oc(Nc3ccc(-c4nn(C5CCN(C(=O)[C@@H]6CCCN6C)CC5)c5ncnc(N)c45)cc3)nc2c1. The van der Waals surface area contributed by atoms with Gasteiger partial charge in [0.2, 0.25) is 5.91 Å². The van der Waals surface area contributed by atoms with Crippen LogP contribution in [-0.4, -0.2) is 73.2 Å². The Morgan fingerprint density at radius 2 is 1.83 bits per heavy atom. The second kappa shape index (κ2) is 10.4. The Morgan fingerprint density at radius 3 is 2.57 bits per heavy atom. The number of aryl methyl sites for hydroxylation is 2. The van der Waals surface area contributed by atoms with Crippen molar-refractivity contribution in [2.24, 2.45) is 0 Å². The van der Waals surface area contributed by atoms with E-state index in [2.05, 4.69) is 38.2 Å². The normalized spacial score (nSPS) is 18.4. The quantitative estimate of drug-likeness (QED) is 0.307. The molecule has 5 aromatic rings. The summed E-state index contributed by atoms with van der Waals surface area (Å²) in [4.78, 5) is 30.8. The van der Waals surface area contributed by atoms with Crippen molar-refractivity contribution >= 4 is 45.6 Å². The number of piperidine rings is 1. The standard InChI is InChI=1S/C31H35N9O2/c1-18-15-19(2)27-23(16-18)36-31(42-27)35-21-8-6-20(7-9-21)26-25-28(32)33-17-34-29(25)40(37-26)22-10-13-39(14-11-22)30(41)24-5-4-12-38(24)3/h6-9,15-17,22,24H,4-5,10-14H2,1-3H3,(H,35,36)(H2,32,33,34)/t24-/m0/s1. The van der Waals surface area contributed by atoms with E-state index in [1.807, 2.05) is 53.9 Å². The molecular formula is C31H35N9O2. The minimum absolute atomic E-state index is 0.0135. The number of nitrogen functional groups attached to an aromatic ring is 1. The van der Waals surface area contributed by atoms with Gasteiger partial charge in [-0.1, -0.05) is 18.2 Å². The zero-order chi connectivity index (χ0) is 29.0. The molecule has 1 amide bonds. The molecule has 11 nitrogen and oxygen atoms in total. The van der Waals surface area contributed by atoms with E-state index in [1.54, 1.807) is 0 Å². The van der Waals surface area contributed by atoms with Crippen LogP contribution >= 0.6 is 0 Å². The summed E-state index contributed by atoms with van der Waals surface area (Å²) in [6.45, 7) is 6.48. The van der Waals surface area contributed by atoms with Crippen LogP contribution in [0.4, 0.5) is 17.5 Å². The summed E-state index contributed by atoms with van der Waals surface area (Å²) in [5.41, 5.74) is 13.4. The number of nitrogens with two attached hydrogens (primary N) is 1. The topological polar surface area (TPSA) is 131 Å². The average molecular weight is 566 g/mol. The van der Waals surface area contributed by atoms with Gasteiger partial charge in [-0.3, -0.25) is 9.69 Å². The van der Waals surface area contributed by atoms with Crippen LogP contribution in [0.2, 0.25) is 0 Å². The number of fused-ring (bicyclic) bond motifs is 2. The first-order valence-corrected chi connectivity index (χ1v) is 14.6. The van der Waals surface area contributed by atoms with Crippen LogP contribution in [0.25, 0.3) is 33.4 Å². The van der Waals surface area contributed by atoms with Crippen molar-refractivity contribution in [1.29, 1.82) is 0 Å². The number of anilines is 3. The molecule has 2 aromatic carbocycles. The first kappa shape index (κ1) is 26.4. The highest BCUT2D eigenvalue weighted by molar-refractivity contribution is 5.98. The summed E-state index contributed by atoms with van der Waals surface area (Å²) >= 11 is 0. The number of nitrogens with zero attached hydrogens (tertiary/aromatic N) is 7. The Labute approximate surface area is 243 Å². The number of likely N-dealkylation sites (tertiary alicyclic amines) is 2. The summed E-state index contributed by atoms with van der Waals surface area (Å²) in [5, 5.41) is 9.05. The molecule has 0 bridgehead atoms. The lowest BCUT2D eigenvalue weighted by Gasteiger charge is -2.35.